The number of hydrogen-bond acceptors (Lipinski definition) is 2. The van der Waals surface area contributed by atoms with Crippen molar-refractivity contribution in [3.05, 3.63) is 29.0 Å². The number of halogens is 2. The number of benzene rings is 1. The minimum Gasteiger partial charge on any atom is -0.325 e. The van der Waals surface area contributed by atoms with Crippen molar-refractivity contribution in [2.45, 2.75) is 6.92 Å². The first kappa shape index (κ1) is 12.3. The fourth-order valence-corrected chi connectivity index (χ4v) is 1.93. The van der Waals surface area contributed by atoms with Crippen molar-refractivity contribution in [2.75, 3.05) is 18.4 Å². The first-order valence-electron chi connectivity index (χ1n) is 5.54. The summed E-state index contributed by atoms with van der Waals surface area (Å²) in [5.74, 6) is -0.194. The maximum atomic E-state index is 12.8. The lowest BCUT2D eigenvalue weighted by atomic mass is 9.88. The standard InChI is InChI=1S/C12H14ClFN2O/c1-7(8-5-15-6-8)12(17)16-11-3-2-9(14)4-10(11)13/h2-4,7-8,15H,5-6H2,1H3,(H,16,17). The highest BCUT2D eigenvalue weighted by molar-refractivity contribution is 6.33. The van der Waals surface area contributed by atoms with E-state index in [1.807, 2.05) is 6.92 Å². The third kappa shape index (κ3) is 2.76. The van der Waals surface area contributed by atoms with Gasteiger partial charge in [-0.25, -0.2) is 4.39 Å². The van der Waals surface area contributed by atoms with Crippen molar-refractivity contribution < 1.29 is 9.18 Å². The van der Waals surface area contributed by atoms with E-state index >= 15 is 0 Å². The third-order valence-corrected chi connectivity index (χ3v) is 3.44. The largest absolute Gasteiger partial charge is 0.325 e. The van der Waals surface area contributed by atoms with E-state index in [1.165, 1.54) is 18.2 Å². The van der Waals surface area contributed by atoms with Crippen LogP contribution >= 0.6 is 11.6 Å². The van der Waals surface area contributed by atoms with Crippen LogP contribution in [0.4, 0.5) is 10.1 Å². The molecule has 0 aliphatic carbocycles. The Labute approximate surface area is 104 Å². The van der Waals surface area contributed by atoms with Crippen molar-refractivity contribution in [1.29, 1.82) is 0 Å². The van der Waals surface area contributed by atoms with Crippen LogP contribution in [0.25, 0.3) is 0 Å². The van der Waals surface area contributed by atoms with E-state index < -0.39 is 5.82 Å². The summed E-state index contributed by atoms with van der Waals surface area (Å²) in [7, 11) is 0. The molecule has 1 saturated heterocycles. The summed E-state index contributed by atoms with van der Waals surface area (Å²) in [4.78, 5) is 11.9. The molecule has 2 rings (SSSR count). The fourth-order valence-electron chi connectivity index (χ4n) is 1.72. The van der Waals surface area contributed by atoms with Gasteiger partial charge in [0.1, 0.15) is 5.82 Å². The van der Waals surface area contributed by atoms with Crippen molar-refractivity contribution in [3.63, 3.8) is 0 Å². The fraction of sp³-hybridized carbons (Fsp3) is 0.417. The first-order valence-corrected chi connectivity index (χ1v) is 5.92. The average molecular weight is 257 g/mol. The van der Waals surface area contributed by atoms with Crippen LogP contribution in [0.2, 0.25) is 5.02 Å². The quantitative estimate of drug-likeness (QED) is 0.871. The van der Waals surface area contributed by atoms with Gasteiger partial charge in [0.05, 0.1) is 10.7 Å². The molecule has 3 nitrogen and oxygen atoms in total. The van der Waals surface area contributed by atoms with Crippen molar-refractivity contribution in [1.82, 2.24) is 5.32 Å². The lowest BCUT2D eigenvalue weighted by Crippen LogP contribution is -2.48. The summed E-state index contributed by atoms with van der Waals surface area (Å²) >= 11 is 5.84. The highest BCUT2D eigenvalue weighted by Crippen LogP contribution is 2.24. The number of carbonyl (C=O) groups excluding carboxylic acids is 1. The SMILES string of the molecule is CC(C(=O)Nc1ccc(F)cc1Cl)C1CNC1. The van der Waals surface area contributed by atoms with Crippen LogP contribution in [0, 0.1) is 17.7 Å². The predicted molar refractivity (Wildman–Crippen MR) is 65.6 cm³/mol. The zero-order valence-electron chi connectivity index (χ0n) is 9.47. The summed E-state index contributed by atoms with van der Waals surface area (Å²) in [6.45, 7) is 3.62. The highest BCUT2D eigenvalue weighted by Gasteiger charge is 2.28. The molecular weight excluding hydrogens is 243 g/mol. The van der Waals surface area contributed by atoms with Gasteiger partial charge in [-0.05, 0) is 37.2 Å². The number of rotatable bonds is 3. The van der Waals surface area contributed by atoms with Gasteiger partial charge < -0.3 is 10.6 Å². The Morgan fingerprint density at radius 2 is 2.29 bits per heavy atom. The van der Waals surface area contributed by atoms with Gasteiger partial charge in [0, 0.05) is 5.92 Å². The predicted octanol–water partition coefficient (Wildman–Crippen LogP) is 2.27. The molecule has 1 aliphatic heterocycles. The summed E-state index contributed by atoms with van der Waals surface area (Å²) in [5.41, 5.74) is 0.456. The molecule has 5 heteroatoms. The summed E-state index contributed by atoms with van der Waals surface area (Å²) in [5, 5.41) is 6.06. The van der Waals surface area contributed by atoms with Gasteiger partial charge in [-0.3, -0.25) is 4.79 Å². The van der Waals surface area contributed by atoms with Gasteiger partial charge >= 0.3 is 0 Å². The van der Waals surface area contributed by atoms with Gasteiger partial charge in [0.25, 0.3) is 0 Å². The van der Waals surface area contributed by atoms with Crippen LogP contribution in [-0.4, -0.2) is 19.0 Å². The third-order valence-electron chi connectivity index (χ3n) is 3.12. The van der Waals surface area contributed by atoms with E-state index in [2.05, 4.69) is 10.6 Å². The number of amides is 1. The minimum absolute atomic E-state index is 0.0719. The Morgan fingerprint density at radius 1 is 1.59 bits per heavy atom. The van der Waals surface area contributed by atoms with Gasteiger partial charge in [0.15, 0.2) is 0 Å². The van der Waals surface area contributed by atoms with Crippen LogP contribution in [0.3, 0.4) is 0 Å². The maximum Gasteiger partial charge on any atom is 0.227 e. The molecule has 1 aliphatic rings. The molecule has 92 valence electrons. The highest BCUT2D eigenvalue weighted by atomic mass is 35.5. The van der Waals surface area contributed by atoms with Crippen molar-refractivity contribution in [2.24, 2.45) is 11.8 Å². The zero-order chi connectivity index (χ0) is 12.4. The molecule has 0 aromatic heterocycles. The van der Waals surface area contributed by atoms with Gasteiger partial charge in [-0.15, -0.1) is 0 Å². The van der Waals surface area contributed by atoms with Crippen molar-refractivity contribution >= 4 is 23.2 Å². The monoisotopic (exact) mass is 256 g/mol. The smallest absolute Gasteiger partial charge is 0.227 e. The summed E-state index contributed by atoms with van der Waals surface area (Å²) in [6, 6.07) is 3.94. The van der Waals surface area contributed by atoms with E-state index in [0.717, 1.165) is 13.1 Å². The molecule has 2 N–H and O–H groups in total. The molecule has 1 heterocycles. The Morgan fingerprint density at radius 3 is 2.82 bits per heavy atom. The number of nitrogens with one attached hydrogen (secondary N) is 2. The molecular formula is C12H14ClFN2O. The van der Waals surface area contributed by atoms with Crippen LogP contribution in [-0.2, 0) is 4.79 Å². The minimum atomic E-state index is -0.413. The van der Waals surface area contributed by atoms with Crippen molar-refractivity contribution in [3.8, 4) is 0 Å². The molecule has 0 spiro atoms. The first-order chi connectivity index (χ1) is 8.08. The molecule has 1 unspecified atom stereocenters. The molecule has 0 radical (unpaired) electrons. The van der Waals surface area contributed by atoms with Crippen LogP contribution in [0.5, 0.6) is 0 Å². The average Bonchev–Trinajstić information content (AvgIpc) is 2.19. The van der Waals surface area contributed by atoms with Gasteiger partial charge in [-0.1, -0.05) is 18.5 Å². The second kappa shape index (κ2) is 5.02. The molecule has 0 bridgehead atoms. The van der Waals surface area contributed by atoms with Crippen LogP contribution in [0.1, 0.15) is 6.92 Å². The van der Waals surface area contributed by atoms with E-state index in [1.54, 1.807) is 0 Å². The van der Waals surface area contributed by atoms with E-state index in [9.17, 15) is 9.18 Å². The number of carbonyl (C=O) groups is 1. The normalized spacial score (nSPS) is 17.4. The molecule has 1 atom stereocenters. The van der Waals surface area contributed by atoms with Gasteiger partial charge in [-0.2, -0.15) is 0 Å². The molecule has 17 heavy (non-hydrogen) atoms. The van der Waals surface area contributed by atoms with Crippen LogP contribution < -0.4 is 10.6 Å². The zero-order valence-corrected chi connectivity index (χ0v) is 10.2. The Balaban J connectivity index is 2.02. The molecule has 0 saturated carbocycles. The van der Waals surface area contributed by atoms with Gasteiger partial charge in [0.2, 0.25) is 5.91 Å². The molecule has 1 amide bonds. The maximum absolute atomic E-state index is 12.8. The van der Waals surface area contributed by atoms with E-state index in [0.29, 0.717) is 11.6 Å². The Hall–Kier alpha value is -1.13. The lowest BCUT2D eigenvalue weighted by molar-refractivity contribution is -0.121. The summed E-state index contributed by atoms with van der Waals surface area (Å²) < 4.78 is 12.8. The second-order valence-corrected chi connectivity index (χ2v) is 4.73. The molecule has 1 fully saturated rings. The Kier molecular flexibility index (Phi) is 3.64. The lowest BCUT2D eigenvalue weighted by Gasteiger charge is -2.31. The summed E-state index contributed by atoms with van der Waals surface area (Å²) in [6.07, 6.45) is 0. The Bertz CT molecular complexity index is 435. The van der Waals surface area contributed by atoms with E-state index in [-0.39, 0.29) is 16.8 Å². The number of hydrogen-bond donors (Lipinski definition) is 2. The van der Waals surface area contributed by atoms with E-state index in [4.69, 9.17) is 11.6 Å². The molecule has 1 aromatic carbocycles. The topological polar surface area (TPSA) is 41.1 Å². The second-order valence-electron chi connectivity index (χ2n) is 4.32. The molecule has 1 aromatic rings. The number of anilines is 1. The van der Waals surface area contributed by atoms with Crippen LogP contribution in [0.15, 0.2) is 18.2 Å².